The topological polar surface area (TPSA) is 140 Å². The van der Waals surface area contributed by atoms with Gasteiger partial charge in [0, 0.05) is 12.1 Å². The van der Waals surface area contributed by atoms with Gasteiger partial charge in [-0.25, -0.2) is 4.79 Å². The van der Waals surface area contributed by atoms with Gasteiger partial charge in [-0.05, 0) is 43.9 Å². The molecular formula is C19H27ClN4O6. The van der Waals surface area contributed by atoms with E-state index in [0.717, 1.165) is 19.4 Å². The van der Waals surface area contributed by atoms with Gasteiger partial charge >= 0.3 is 5.97 Å². The molecule has 30 heavy (non-hydrogen) atoms. The minimum atomic E-state index is -0.753. The van der Waals surface area contributed by atoms with Crippen molar-refractivity contribution in [2.75, 3.05) is 13.1 Å². The van der Waals surface area contributed by atoms with E-state index in [1.807, 2.05) is 13.8 Å². The van der Waals surface area contributed by atoms with Crippen LogP contribution >= 0.6 is 12.4 Å². The van der Waals surface area contributed by atoms with Crippen LogP contribution in [0.4, 0.5) is 5.69 Å². The summed E-state index contributed by atoms with van der Waals surface area (Å²) >= 11 is 0. The Balaban J connectivity index is 0.00000450. The van der Waals surface area contributed by atoms with Gasteiger partial charge in [0.25, 0.3) is 5.69 Å². The van der Waals surface area contributed by atoms with Gasteiger partial charge in [-0.15, -0.1) is 12.4 Å². The molecule has 2 rings (SSSR count). The zero-order valence-electron chi connectivity index (χ0n) is 16.9. The predicted octanol–water partition coefficient (Wildman–Crippen LogP) is 1.32. The van der Waals surface area contributed by atoms with E-state index in [1.165, 1.54) is 24.3 Å². The number of hydrogen-bond donors (Lipinski definition) is 3. The molecule has 0 radical (unpaired) electrons. The molecule has 10 nitrogen and oxygen atoms in total. The predicted molar refractivity (Wildman–Crippen MR) is 111 cm³/mol. The van der Waals surface area contributed by atoms with Gasteiger partial charge in [0.1, 0.15) is 18.3 Å². The first-order chi connectivity index (χ1) is 13.8. The normalized spacial score (nSPS) is 16.3. The standard InChI is InChI=1S/C19H26N4O6.ClH/c1-12(2)10-16(22-19(26)15-4-3-9-20-15)18(25)21-11-17(24)29-14-7-5-13(6-8-14)23(27)28;/h5-8,12,15-16,20H,3-4,9-11H2,1-2H3,(H,21,25)(H,22,26);1H. The number of nitro groups is 1. The first-order valence-corrected chi connectivity index (χ1v) is 9.53. The van der Waals surface area contributed by atoms with E-state index in [0.29, 0.717) is 6.42 Å². The Kier molecular flexibility index (Phi) is 10.2. The third-order valence-corrected chi connectivity index (χ3v) is 4.40. The van der Waals surface area contributed by atoms with Crippen LogP contribution in [0.2, 0.25) is 0 Å². The molecule has 0 aromatic heterocycles. The first-order valence-electron chi connectivity index (χ1n) is 9.53. The molecule has 166 valence electrons. The molecule has 1 saturated heterocycles. The molecule has 3 N–H and O–H groups in total. The number of carbonyl (C=O) groups is 3. The van der Waals surface area contributed by atoms with Crippen LogP contribution in [0.1, 0.15) is 33.1 Å². The van der Waals surface area contributed by atoms with Gasteiger partial charge < -0.3 is 20.7 Å². The maximum absolute atomic E-state index is 12.5. The molecule has 11 heteroatoms. The van der Waals surface area contributed by atoms with E-state index in [-0.39, 0.29) is 48.3 Å². The van der Waals surface area contributed by atoms with Crippen molar-refractivity contribution in [2.24, 2.45) is 5.92 Å². The Hall–Kier alpha value is -2.72. The first kappa shape index (κ1) is 25.3. The van der Waals surface area contributed by atoms with Crippen LogP contribution in [0.3, 0.4) is 0 Å². The fourth-order valence-corrected chi connectivity index (χ4v) is 2.97. The van der Waals surface area contributed by atoms with Crippen LogP contribution in [-0.2, 0) is 14.4 Å². The van der Waals surface area contributed by atoms with Crippen molar-refractivity contribution >= 4 is 35.9 Å². The molecule has 0 bridgehead atoms. The highest BCUT2D eigenvalue weighted by molar-refractivity contribution is 5.91. The lowest BCUT2D eigenvalue weighted by Gasteiger charge is -2.22. The Morgan fingerprint density at radius 3 is 2.47 bits per heavy atom. The second kappa shape index (κ2) is 12.1. The second-order valence-corrected chi connectivity index (χ2v) is 7.28. The van der Waals surface area contributed by atoms with Gasteiger partial charge in [-0.2, -0.15) is 0 Å². The van der Waals surface area contributed by atoms with Gasteiger partial charge in [0.05, 0.1) is 11.0 Å². The number of nitro benzene ring substituents is 1. The van der Waals surface area contributed by atoms with E-state index in [2.05, 4.69) is 16.0 Å². The number of rotatable bonds is 9. The molecule has 2 atom stereocenters. The fraction of sp³-hybridized carbons (Fsp3) is 0.526. The van der Waals surface area contributed by atoms with E-state index in [1.54, 1.807) is 0 Å². The number of amides is 2. The average Bonchev–Trinajstić information content (AvgIpc) is 3.20. The number of nitrogens with one attached hydrogen (secondary N) is 3. The van der Waals surface area contributed by atoms with Crippen LogP contribution in [0, 0.1) is 16.0 Å². The van der Waals surface area contributed by atoms with Crippen LogP contribution < -0.4 is 20.7 Å². The highest BCUT2D eigenvalue weighted by Gasteiger charge is 2.28. The van der Waals surface area contributed by atoms with E-state index in [4.69, 9.17) is 4.74 Å². The van der Waals surface area contributed by atoms with Crippen molar-refractivity contribution in [3.05, 3.63) is 34.4 Å². The number of esters is 1. The average molecular weight is 443 g/mol. The minimum absolute atomic E-state index is 0. The lowest BCUT2D eigenvalue weighted by atomic mass is 10.0. The molecule has 1 fully saturated rings. The van der Waals surface area contributed by atoms with Gasteiger partial charge in [-0.1, -0.05) is 13.8 Å². The lowest BCUT2D eigenvalue weighted by molar-refractivity contribution is -0.384. The second-order valence-electron chi connectivity index (χ2n) is 7.28. The monoisotopic (exact) mass is 442 g/mol. The third-order valence-electron chi connectivity index (χ3n) is 4.40. The Morgan fingerprint density at radius 1 is 1.27 bits per heavy atom. The number of halogens is 1. The summed E-state index contributed by atoms with van der Waals surface area (Å²) < 4.78 is 5.05. The molecule has 1 aliphatic heterocycles. The van der Waals surface area contributed by atoms with Crippen LogP contribution in [-0.4, -0.2) is 47.9 Å². The van der Waals surface area contributed by atoms with Crippen LogP contribution in [0.15, 0.2) is 24.3 Å². The molecule has 2 unspecified atom stereocenters. The van der Waals surface area contributed by atoms with Crippen molar-refractivity contribution < 1.29 is 24.0 Å². The quantitative estimate of drug-likeness (QED) is 0.227. The van der Waals surface area contributed by atoms with Crippen molar-refractivity contribution in [3.8, 4) is 5.75 Å². The highest BCUT2D eigenvalue weighted by Crippen LogP contribution is 2.17. The summed E-state index contributed by atoms with van der Waals surface area (Å²) in [6, 6.07) is 3.98. The molecule has 0 aliphatic carbocycles. The molecule has 1 aliphatic rings. The lowest BCUT2D eigenvalue weighted by Crippen LogP contribution is -2.52. The number of benzene rings is 1. The SMILES string of the molecule is CC(C)CC(NC(=O)C1CCCN1)C(=O)NCC(=O)Oc1ccc([N+](=O)[O-])cc1.Cl. The third kappa shape index (κ3) is 7.96. The maximum atomic E-state index is 12.5. The largest absolute Gasteiger partial charge is 0.425 e. The van der Waals surface area contributed by atoms with Gasteiger partial charge in [0.2, 0.25) is 11.8 Å². The smallest absolute Gasteiger partial charge is 0.330 e. The number of hydrogen-bond acceptors (Lipinski definition) is 7. The zero-order chi connectivity index (χ0) is 21.4. The molecule has 0 saturated carbocycles. The summed E-state index contributed by atoms with van der Waals surface area (Å²) in [5.41, 5.74) is -0.123. The Labute approximate surface area is 180 Å². The number of nitrogens with zero attached hydrogens (tertiary/aromatic N) is 1. The van der Waals surface area contributed by atoms with Gasteiger partial charge in [0.15, 0.2) is 0 Å². The summed E-state index contributed by atoms with van der Waals surface area (Å²) in [4.78, 5) is 46.8. The molecule has 1 aromatic rings. The summed E-state index contributed by atoms with van der Waals surface area (Å²) in [5, 5.41) is 18.9. The molecule has 1 heterocycles. The Bertz CT molecular complexity index is 750. The van der Waals surface area contributed by atoms with E-state index >= 15 is 0 Å². The molecule has 0 spiro atoms. The molecule has 2 amide bonds. The number of non-ortho nitro benzene ring substituents is 1. The zero-order valence-corrected chi connectivity index (χ0v) is 17.7. The number of carbonyl (C=O) groups excluding carboxylic acids is 3. The van der Waals surface area contributed by atoms with Crippen molar-refractivity contribution in [1.29, 1.82) is 0 Å². The van der Waals surface area contributed by atoms with Gasteiger partial charge in [-0.3, -0.25) is 19.7 Å². The van der Waals surface area contributed by atoms with E-state index in [9.17, 15) is 24.5 Å². The minimum Gasteiger partial charge on any atom is -0.425 e. The van der Waals surface area contributed by atoms with Crippen molar-refractivity contribution in [3.63, 3.8) is 0 Å². The van der Waals surface area contributed by atoms with Crippen molar-refractivity contribution in [2.45, 2.75) is 45.2 Å². The summed E-state index contributed by atoms with van der Waals surface area (Å²) in [6.45, 7) is 4.25. The van der Waals surface area contributed by atoms with Crippen LogP contribution in [0.5, 0.6) is 5.75 Å². The highest BCUT2D eigenvalue weighted by atomic mass is 35.5. The number of ether oxygens (including phenoxy) is 1. The fourth-order valence-electron chi connectivity index (χ4n) is 2.97. The van der Waals surface area contributed by atoms with E-state index < -0.39 is 22.8 Å². The summed E-state index contributed by atoms with van der Waals surface area (Å²) in [7, 11) is 0. The summed E-state index contributed by atoms with van der Waals surface area (Å²) in [5.74, 6) is -1.12. The summed E-state index contributed by atoms with van der Waals surface area (Å²) in [6.07, 6.45) is 2.07. The molecular weight excluding hydrogens is 416 g/mol. The molecule has 1 aromatic carbocycles. The van der Waals surface area contributed by atoms with Crippen LogP contribution in [0.25, 0.3) is 0 Å². The maximum Gasteiger partial charge on any atom is 0.330 e. The van der Waals surface area contributed by atoms with Crippen molar-refractivity contribution in [1.82, 2.24) is 16.0 Å². The Morgan fingerprint density at radius 2 is 1.93 bits per heavy atom.